The van der Waals surface area contributed by atoms with Crippen molar-refractivity contribution in [2.45, 2.75) is 13.3 Å². The molecule has 11 heteroatoms. The van der Waals surface area contributed by atoms with Crippen LogP contribution in [0.3, 0.4) is 0 Å². The van der Waals surface area contributed by atoms with Crippen molar-refractivity contribution in [3.8, 4) is 0 Å². The van der Waals surface area contributed by atoms with Crippen LogP contribution in [0.25, 0.3) is 11.0 Å². The lowest BCUT2D eigenvalue weighted by Crippen LogP contribution is -2.50. The van der Waals surface area contributed by atoms with E-state index in [1.807, 2.05) is 4.90 Å². The second-order valence-corrected chi connectivity index (χ2v) is 7.09. The fourth-order valence-electron chi connectivity index (χ4n) is 3.37. The molecule has 1 aromatic carbocycles. The van der Waals surface area contributed by atoms with Crippen LogP contribution in [0.1, 0.15) is 28.4 Å². The third-order valence-corrected chi connectivity index (χ3v) is 4.88. The number of hydrogen-bond acceptors (Lipinski definition) is 6. The van der Waals surface area contributed by atoms with Crippen molar-refractivity contribution in [3.05, 3.63) is 41.4 Å². The summed E-state index contributed by atoms with van der Waals surface area (Å²) in [6.45, 7) is 3.92. The Morgan fingerprint density at radius 3 is 2.67 bits per heavy atom. The molecule has 1 saturated heterocycles. The van der Waals surface area contributed by atoms with Gasteiger partial charge in [0.15, 0.2) is 11.6 Å². The number of halogens is 2. The summed E-state index contributed by atoms with van der Waals surface area (Å²) in [7, 11) is 0. The second kappa shape index (κ2) is 8.19. The first-order chi connectivity index (χ1) is 14.4. The van der Waals surface area contributed by atoms with E-state index >= 15 is 0 Å². The predicted octanol–water partition coefficient (Wildman–Crippen LogP) is 2.19. The minimum Gasteiger partial charge on any atom is -0.360 e. The van der Waals surface area contributed by atoms with Gasteiger partial charge < -0.3 is 19.7 Å². The molecule has 2 N–H and O–H groups in total. The number of aromatic amines is 1. The standard InChI is InChI=1S/C19H20F2N6O3/c1-11-8-15(25-30-11)24-16(28)10-26-4-6-27(7-5-26)19(29)12-2-3-13-14(9-12)23-18(22-13)17(20)21/h2-3,8-9,17H,4-7,10H2,1H3,(H,22,23)(H,24,25,28). The van der Waals surface area contributed by atoms with Gasteiger partial charge in [-0.2, -0.15) is 0 Å². The second-order valence-electron chi connectivity index (χ2n) is 7.09. The summed E-state index contributed by atoms with van der Waals surface area (Å²) in [5.41, 5.74) is 1.19. The minimum atomic E-state index is -2.70. The molecule has 9 nitrogen and oxygen atoms in total. The van der Waals surface area contributed by atoms with Crippen LogP contribution >= 0.6 is 0 Å². The Hall–Kier alpha value is -3.34. The van der Waals surface area contributed by atoms with Gasteiger partial charge in [0.2, 0.25) is 5.91 Å². The number of aryl methyl sites for hydroxylation is 1. The molecule has 0 aliphatic carbocycles. The van der Waals surface area contributed by atoms with Crippen LogP contribution < -0.4 is 5.32 Å². The van der Waals surface area contributed by atoms with Gasteiger partial charge in [0.1, 0.15) is 5.76 Å². The Balaban J connectivity index is 1.32. The summed E-state index contributed by atoms with van der Waals surface area (Å²) in [6.07, 6.45) is -2.70. The molecule has 3 heterocycles. The number of carbonyl (C=O) groups is 2. The van der Waals surface area contributed by atoms with E-state index in [1.165, 1.54) is 6.07 Å². The molecule has 3 aromatic rings. The maximum atomic E-state index is 12.8. The van der Waals surface area contributed by atoms with E-state index in [0.717, 1.165) is 0 Å². The average Bonchev–Trinajstić information content (AvgIpc) is 3.33. The molecular weight excluding hydrogens is 398 g/mol. The van der Waals surface area contributed by atoms with Crippen molar-refractivity contribution < 1.29 is 22.9 Å². The summed E-state index contributed by atoms with van der Waals surface area (Å²) >= 11 is 0. The zero-order valence-corrected chi connectivity index (χ0v) is 16.2. The zero-order valence-electron chi connectivity index (χ0n) is 16.2. The number of piperazine rings is 1. The lowest BCUT2D eigenvalue weighted by atomic mass is 10.1. The zero-order chi connectivity index (χ0) is 21.3. The largest absolute Gasteiger partial charge is 0.360 e. The number of carbonyl (C=O) groups excluding carboxylic acids is 2. The van der Waals surface area contributed by atoms with E-state index in [1.54, 1.807) is 30.0 Å². The molecule has 2 aromatic heterocycles. The van der Waals surface area contributed by atoms with Crippen LogP contribution in [0.4, 0.5) is 14.6 Å². The number of hydrogen-bond donors (Lipinski definition) is 2. The first-order valence-corrected chi connectivity index (χ1v) is 9.41. The highest BCUT2D eigenvalue weighted by molar-refractivity contribution is 5.97. The Morgan fingerprint density at radius 1 is 1.23 bits per heavy atom. The molecule has 0 bridgehead atoms. The number of rotatable bonds is 5. The van der Waals surface area contributed by atoms with Crippen LogP contribution in [0.5, 0.6) is 0 Å². The first-order valence-electron chi connectivity index (χ1n) is 9.41. The normalized spacial score (nSPS) is 15.1. The predicted molar refractivity (Wildman–Crippen MR) is 103 cm³/mol. The van der Waals surface area contributed by atoms with Crippen LogP contribution in [-0.4, -0.2) is 69.5 Å². The molecule has 2 amide bonds. The molecule has 0 saturated carbocycles. The van der Waals surface area contributed by atoms with E-state index in [2.05, 4.69) is 20.4 Å². The average molecular weight is 418 g/mol. The molecular formula is C19H20F2N6O3. The maximum Gasteiger partial charge on any atom is 0.295 e. The number of amides is 2. The molecule has 30 heavy (non-hydrogen) atoms. The molecule has 1 aliphatic heterocycles. The molecule has 0 atom stereocenters. The van der Waals surface area contributed by atoms with Crippen LogP contribution in [0.15, 0.2) is 28.8 Å². The Morgan fingerprint density at radius 2 is 2.00 bits per heavy atom. The summed E-state index contributed by atoms with van der Waals surface area (Å²) in [6, 6.07) is 6.31. The van der Waals surface area contributed by atoms with Gasteiger partial charge in [0, 0.05) is 37.8 Å². The molecule has 0 spiro atoms. The molecule has 4 rings (SSSR count). The van der Waals surface area contributed by atoms with Crippen molar-refractivity contribution in [1.29, 1.82) is 0 Å². The number of nitrogens with one attached hydrogen (secondary N) is 2. The summed E-state index contributed by atoms with van der Waals surface area (Å²) < 4.78 is 30.5. The van der Waals surface area contributed by atoms with Crippen molar-refractivity contribution in [1.82, 2.24) is 24.9 Å². The monoisotopic (exact) mass is 418 g/mol. The number of anilines is 1. The van der Waals surface area contributed by atoms with Gasteiger partial charge >= 0.3 is 0 Å². The summed E-state index contributed by atoms with van der Waals surface area (Å²) in [5, 5.41) is 6.39. The van der Waals surface area contributed by atoms with E-state index in [0.29, 0.717) is 54.4 Å². The third-order valence-electron chi connectivity index (χ3n) is 4.88. The topological polar surface area (TPSA) is 107 Å². The number of H-pyrrole nitrogens is 1. The lowest BCUT2D eigenvalue weighted by Gasteiger charge is -2.34. The van der Waals surface area contributed by atoms with Gasteiger partial charge in [-0.1, -0.05) is 5.16 Å². The van der Waals surface area contributed by atoms with E-state index in [4.69, 9.17) is 4.52 Å². The number of imidazole rings is 1. The van der Waals surface area contributed by atoms with E-state index in [-0.39, 0.29) is 18.4 Å². The van der Waals surface area contributed by atoms with Gasteiger partial charge in [0.05, 0.1) is 17.6 Å². The fourth-order valence-corrected chi connectivity index (χ4v) is 3.37. The number of alkyl halides is 2. The smallest absolute Gasteiger partial charge is 0.295 e. The molecule has 1 fully saturated rings. The van der Waals surface area contributed by atoms with Crippen molar-refractivity contribution >= 4 is 28.7 Å². The Labute approximate surface area is 170 Å². The van der Waals surface area contributed by atoms with Crippen LogP contribution in [0.2, 0.25) is 0 Å². The van der Waals surface area contributed by atoms with Crippen LogP contribution in [-0.2, 0) is 4.79 Å². The van der Waals surface area contributed by atoms with Crippen LogP contribution in [0, 0.1) is 6.92 Å². The highest BCUT2D eigenvalue weighted by atomic mass is 19.3. The number of aromatic nitrogens is 3. The lowest BCUT2D eigenvalue weighted by molar-refractivity contribution is -0.117. The van der Waals surface area contributed by atoms with E-state index < -0.39 is 12.2 Å². The van der Waals surface area contributed by atoms with Crippen molar-refractivity contribution in [3.63, 3.8) is 0 Å². The van der Waals surface area contributed by atoms with Gasteiger partial charge in [-0.25, -0.2) is 13.8 Å². The molecule has 0 radical (unpaired) electrons. The number of benzene rings is 1. The summed E-state index contributed by atoms with van der Waals surface area (Å²) in [5.74, 6) is 0.170. The van der Waals surface area contributed by atoms with Gasteiger partial charge in [-0.05, 0) is 25.1 Å². The highest BCUT2D eigenvalue weighted by Crippen LogP contribution is 2.21. The number of fused-ring (bicyclic) bond motifs is 1. The quantitative estimate of drug-likeness (QED) is 0.658. The van der Waals surface area contributed by atoms with Crippen molar-refractivity contribution in [2.75, 3.05) is 38.0 Å². The first kappa shape index (κ1) is 20.0. The van der Waals surface area contributed by atoms with Crippen molar-refractivity contribution in [2.24, 2.45) is 0 Å². The van der Waals surface area contributed by atoms with Gasteiger partial charge in [0.25, 0.3) is 12.3 Å². The SMILES string of the molecule is Cc1cc(NC(=O)CN2CCN(C(=O)c3ccc4nc(C(F)F)[nH]c4c3)CC2)no1. The minimum absolute atomic E-state index is 0.185. The summed E-state index contributed by atoms with van der Waals surface area (Å²) in [4.78, 5) is 34.9. The third kappa shape index (κ3) is 4.30. The molecule has 158 valence electrons. The van der Waals surface area contributed by atoms with Gasteiger partial charge in [-0.3, -0.25) is 14.5 Å². The van der Waals surface area contributed by atoms with Gasteiger partial charge in [-0.15, -0.1) is 0 Å². The molecule has 1 aliphatic rings. The highest BCUT2D eigenvalue weighted by Gasteiger charge is 2.24. The van der Waals surface area contributed by atoms with E-state index in [9.17, 15) is 18.4 Å². The Kier molecular flexibility index (Phi) is 5.44. The fraction of sp³-hybridized carbons (Fsp3) is 0.368. The number of nitrogens with zero attached hydrogens (tertiary/aromatic N) is 4. The Bertz CT molecular complexity index is 1070. The maximum absolute atomic E-state index is 12.8. The molecule has 0 unspecified atom stereocenters.